The molecule has 4 nitrogen and oxygen atoms in total. The molecule has 2 atom stereocenters. The Hall–Kier alpha value is -0.883. The molecule has 21 heavy (non-hydrogen) atoms. The van der Waals surface area contributed by atoms with E-state index in [0.717, 1.165) is 17.7 Å². The number of ether oxygens (including phenoxy) is 1. The summed E-state index contributed by atoms with van der Waals surface area (Å²) in [6.07, 6.45) is 0.759. The molecular formula is C16H24O4Si. The van der Waals surface area contributed by atoms with Gasteiger partial charge in [-0.05, 0) is 41.9 Å². The summed E-state index contributed by atoms with van der Waals surface area (Å²) in [6.45, 7) is 11.2. The number of hydrogen-bond donors (Lipinski definition) is 0. The quantitative estimate of drug-likeness (QED) is 0.629. The van der Waals surface area contributed by atoms with Gasteiger partial charge in [-0.3, -0.25) is 0 Å². The van der Waals surface area contributed by atoms with Crippen molar-refractivity contribution in [3.8, 4) is 5.75 Å². The second-order valence-electron chi connectivity index (χ2n) is 7.43. The van der Waals surface area contributed by atoms with Crippen molar-refractivity contribution in [2.24, 2.45) is 0 Å². The fraction of sp³-hybridized carbons (Fsp3) is 0.625. The second-order valence-corrected chi connectivity index (χ2v) is 12.2. The van der Waals surface area contributed by atoms with Crippen molar-refractivity contribution < 1.29 is 18.9 Å². The fourth-order valence-corrected chi connectivity index (χ4v) is 4.01. The van der Waals surface area contributed by atoms with Gasteiger partial charge < -0.3 is 9.16 Å². The van der Waals surface area contributed by atoms with Crippen molar-refractivity contribution in [1.82, 2.24) is 0 Å². The molecule has 116 valence electrons. The predicted octanol–water partition coefficient (Wildman–Crippen LogP) is 3.76. The Morgan fingerprint density at radius 2 is 2.00 bits per heavy atom. The molecule has 1 saturated heterocycles. The number of rotatable bonds is 3. The van der Waals surface area contributed by atoms with Crippen LogP contribution in [0.2, 0.25) is 18.1 Å². The largest absolute Gasteiger partial charge is 0.497 e. The highest BCUT2D eigenvalue weighted by Gasteiger charge is 2.62. The van der Waals surface area contributed by atoms with Crippen molar-refractivity contribution in [2.75, 3.05) is 7.11 Å². The first-order valence-corrected chi connectivity index (χ1v) is 10.3. The molecule has 1 heterocycles. The Labute approximate surface area is 127 Å². The van der Waals surface area contributed by atoms with Crippen molar-refractivity contribution >= 4 is 8.32 Å². The molecule has 0 bridgehead atoms. The van der Waals surface area contributed by atoms with Gasteiger partial charge in [-0.1, -0.05) is 20.8 Å². The summed E-state index contributed by atoms with van der Waals surface area (Å²) < 4.78 is 11.9. The Bertz CT molecular complexity index is 564. The average molecular weight is 308 g/mol. The van der Waals surface area contributed by atoms with Crippen molar-refractivity contribution in [2.45, 2.75) is 57.2 Å². The summed E-state index contributed by atoms with van der Waals surface area (Å²) in [5.74, 6) is 0.141. The van der Waals surface area contributed by atoms with E-state index in [9.17, 15) is 0 Å². The molecule has 0 radical (unpaired) electrons. The lowest BCUT2D eigenvalue weighted by Crippen LogP contribution is -2.59. The molecule has 5 heteroatoms. The predicted molar refractivity (Wildman–Crippen MR) is 82.6 cm³/mol. The minimum absolute atomic E-state index is 0.0475. The monoisotopic (exact) mass is 308 g/mol. The molecule has 0 spiro atoms. The van der Waals surface area contributed by atoms with Gasteiger partial charge in [0.2, 0.25) is 5.79 Å². The van der Waals surface area contributed by atoms with E-state index < -0.39 is 14.1 Å². The highest BCUT2D eigenvalue weighted by molar-refractivity contribution is 6.74. The maximum atomic E-state index is 6.60. The SMILES string of the molecule is COc1ccc2c(c1)CC1OO[C@]21O[Si](C)(C)C(C)(C)C. The lowest BCUT2D eigenvalue weighted by molar-refractivity contribution is -0.564. The van der Waals surface area contributed by atoms with Crippen LogP contribution in [0.4, 0.5) is 0 Å². The molecule has 0 N–H and O–H groups in total. The van der Waals surface area contributed by atoms with E-state index in [1.54, 1.807) is 7.11 Å². The van der Waals surface area contributed by atoms with Crippen molar-refractivity contribution in [1.29, 1.82) is 0 Å². The summed E-state index contributed by atoms with van der Waals surface area (Å²) in [5.41, 5.74) is 2.28. The lowest BCUT2D eigenvalue weighted by atomic mass is 10.1. The molecule has 1 fully saturated rings. The summed E-state index contributed by atoms with van der Waals surface area (Å²) in [4.78, 5) is 10.9. The van der Waals surface area contributed by atoms with Crippen LogP contribution in [0, 0.1) is 0 Å². The normalized spacial score (nSPS) is 27.8. The molecule has 2 aliphatic rings. The number of hydrogen-bond acceptors (Lipinski definition) is 4. The third-order valence-electron chi connectivity index (χ3n) is 5.02. The molecule has 1 aliphatic heterocycles. The molecule has 3 rings (SSSR count). The summed E-state index contributed by atoms with van der Waals surface area (Å²) in [5, 5.41) is 0.125. The Morgan fingerprint density at radius 1 is 1.29 bits per heavy atom. The van der Waals surface area contributed by atoms with Gasteiger partial charge in [0, 0.05) is 12.0 Å². The Balaban J connectivity index is 1.97. The smallest absolute Gasteiger partial charge is 0.249 e. The fourth-order valence-electron chi connectivity index (χ4n) is 2.67. The summed E-state index contributed by atoms with van der Waals surface area (Å²) in [7, 11) is -0.279. The zero-order chi connectivity index (χ0) is 15.5. The number of benzene rings is 1. The maximum absolute atomic E-state index is 6.60. The van der Waals surface area contributed by atoms with Crippen LogP contribution in [0.15, 0.2) is 18.2 Å². The minimum Gasteiger partial charge on any atom is -0.497 e. The van der Waals surface area contributed by atoms with Crippen LogP contribution < -0.4 is 4.74 Å². The molecule has 1 aromatic rings. The molecule has 0 amide bonds. The third kappa shape index (κ3) is 2.14. The van der Waals surface area contributed by atoms with Gasteiger partial charge in [-0.25, -0.2) is 4.89 Å². The van der Waals surface area contributed by atoms with Gasteiger partial charge in [0.15, 0.2) is 14.4 Å². The molecule has 1 unspecified atom stereocenters. The maximum Gasteiger partial charge on any atom is 0.249 e. The van der Waals surface area contributed by atoms with Gasteiger partial charge in [-0.15, -0.1) is 0 Å². The van der Waals surface area contributed by atoms with Gasteiger partial charge in [0.25, 0.3) is 0 Å². The highest BCUT2D eigenvalue weighted by atomic mass is 28.4. The summed E-state index contributed by atoms with van der Waals surface area (Å²) in [6, 6.07) is 6.06. The van der Waals surface area contributed by atoms with Crippen LogP contribution in [0.5, 0.6) is 5.75 Å². The minimum atomic E-state index is -1.96. The van der Waals surface area contributed by atoms with Gasteiger partial charge >= 0.3 is 0 Å². The first-order valence-electron chi connectivity index (χ1n) is 7.42. The van der Waals surface area contributed by atoms with E-state index in [1.165, 1.54) is 5.56 Å². The lowest BCUT2D eigenvalue weighted by Gasteiger charge is -2.49. The van der Waals surface area contributed by atoms with Gasteiger partial charge in [0.05, 0.1) is 7.11 Å². The van der Waals surface area contributed by atoms with Crippen LogP contribution in [0.25, 0.3) is 0 Å². The number of fused-ring (bicyclic) bond motifs is 3. The van der Waals surface area contributed by atoms with E-state index in [-0.39, 0.29) is 11.1 Å². The standard InChI is InChI=1S/C16H24O4Si/c1-15(2,3)21(5,6)20-16-13-8-7-12(17-4)9-11(13)10-14(16)18-19-16/h7-9,14H,10H2,1-6H3/t14?,16-/m0/s1. The van der Waals surface area contributed by atoms with E-state index >= 15 is 0 Å². The van der Waals surface area contributed by atoms with Crippen molar-refractivity contribution in [3.63, 3.8) is 0 Å². The third-order valence-corrected chi connectivity index (χ3v) is 9.44. The van der Waals surface area contributed by atoms with Crippen LogP contribution in [-0.4, -0.2) is 21.5 Å². The molecule has 0 saturated carbocycles. The van der Waals surface area contributed by atoms with Crippen LogP contribution in [0.3, 0.4) is 0 Å². The zero-order valence-electron chi connectivity index (χ0n) is 13.6. The highest BCUT2D eigenvalue weighted by Crippen LogP contribution is 2.54. The van der Waals surface area contributed by atoms with Crippen LogP contribution in [-0.2, 0) is 26.4 Å². The Morgan fingerprint density at radius 3 is 2.52 bits per heavy atom. The van der Waals surface area contributed by atoms with E-state index in [4.69, 9.17) is 18.9 Å². The van der Waals surface area contributed by atoms with Crippen LogP contribution >= 0.6 is 0 Å². The van der Waals surface area contributed by atoms with Gasteiger partial charge in [0.1, 0.15) is 5.75 Å². The molecule has 1 aliphatic carbocycles. The van der Waals surface area contributed by atoms with E-state index in [1.807, 2.05) is 12.1 Å². The number of methoxy groups -OCH3 is 1. The first kappa shape index (κ1) is 15.0. The summed E-state index contributed by atoms with van der Waals surface area (Å²) >= 11 is 0. The topological polar surface area (TPSA) is 36.9 Å². The first-order chi connectivity index (χ1) is 9.69. The Kier molecular flexibility index (Phi) is 3.26. The van der Waals surface area contributed by atoms with Crippen molar-refractivity contribution in [3.05, 3.63) is 29.3 Å². The van der Waals surface area contributed by atoms with E-state index in [0.29, 0.717) is 0 Å². The zero-order valence-corrected chi connectivity index (χ0v) is 14.6. The second kappa shape index (κ2) is 4.55. The van der Waals surface area contributed by atoms with E-state index in [2.05, 4.69) is 39.9 Å². The molecule has 0 aromatic heterocycles. The van der Waals surface area contributed by atoms with Crippen LogP contribution in [0.1, 0.15) is 31.9 Å². The average Bonchev–Trinajstić information content (AvgIpc) is 2.58. The molecular weight excluding hydrogens is 284 g/mol. The molecule has 1 aromatic carbocycles. The van der Waals surface area contributed by atoms with Gasteiger partial charge in [-0.2, -0.15) is 4.89 Å².